The maximum absolute atomic E-state index is 14.4. The van der Waals surface area contributed by atoms with Crippen molar-refractivity contribution in [3.8, 4) is 5.75 Å². The van der Waals surface area contributed by atoms with Gasteiger partial charge in [-0.2, -0.15) is 0 Å². The number of hydrogen-bond donors (Lipinski definition) is 10. The van der Waals surface area contributed by atoms with Gasteiger partial charge in [0, 0.05) is 49.6 Å². The maximum Gasteiger partial charge on any atom is 0.326 e. The molecule has 3 heterocycles. The molecule has 326 valence electrons. The lowest BCUT2D eigenvalue weighted by molar-refractivity contribution is -0.143. The molecule has 0 spiro atoms. The Bertz CT molecular complexity index is 1900. The number of likely N-dealkylation sites (tertiary alicyclic amines) is 1. The molecule has 0 unspecified atom stereocenters. The van der Waals surface area contributed by atoms with Crippen LogP contribution in [-0.2, 0) is 52.8 Å². The molecule has 1 saturated heterocycles. The Kier molecular flexibility index (Phi) is 17.1. The van der Waals surface area contributed by atoms with E-state index in [1.54, 1.807) is 12.1 Å². The number of aromatic hydroxyl groups is 1. The predicted molar refractivity (Wildman–Crippen MR) is 216 cm³/mol. The first-order valence-electron chi connectivity index (χ1n) is 20.0. The number of imidazole rings is 2. The number of aromatic amines is 2. The summed E-state index contributed by atoms with van der Waals surface area (Å²) in [5, 5.41) is 33.0. The largest absolute Gasteiger partial charge is 0.508 e. The minimum atomic E-state index is -1.24. The van der Waals surface area contributed by atoms with E-state index < -0.39 is 77.7 Å². The summed E-state index contributed by atoms with van der Waals surface area (Å²) in [6.45, 7) is 7.12. The van der Waals surface area contributed by atoms with Crippen molar-refractivity contribution in [2.24, 2.45) is 17.6 Å². The van der Waals surface area contributed by atoms with E-state index in [1.165, 1.54) is 42.1 Å². The lowest BCUT2D eigenvalue weighted by Crippen LogP contribution is -2.60. The average molecular weight is 836 g/mol. The quantitative estimate of drug-likeness (QED) is 0.0608. The van der Waals surface area contributed by atoms with E-state index in [-0.39, 0.29) is 69.2 Å². The number of nitrogens with two attached hydrogens (primary N) is 1. The number of aliphatic carboxylic acids is 1. The summed E-state index contributed by atoms with van der Waals surface area (Å²) in [5.41, 5.74) is 7.14. The number of rotatable bonds is 22. The number of phenolic OH excluding ortho intramolecular Hbond substituents is 1. The Labute approximate surface area is 347 Å². The molecule has 0 bridgehead atoms. The lowest BCUT2D eigenvalue weighted by Gasteiger charge is -2.31. The number of benzene rings is 1. The van der Waals surface area contributed by atoms with Crippen molar-refractivity contribution in [1.82, 2.24) is 51.4 Å². The molecule has 1 aliphatic heterocycles. The van der Waals surface area contributed by atoms with Gasteiger partial charge in [-0.3, -0.25) is 28.8 Å². The Morgan fingerprint density at radius 1 is 0.733 bits per heavy atom. The molecule has 0 radical (unpaired) electrons. The molecule has 4 rings (SSSR count). The highest BCUT2D eigenvalue weighted by atomic mass is 16.4. The fourth-order valence-electron chi connectivity index (χ4n) is 6.96. The SMILES string of the molecule is CC(C)C[C@H](NC(=O)[C@H](Cc1cnc[nH]1)NC(=O)[C@H](CC(C)C)NC(=O)[C@@H]1CCCN1C(=O)[C@H](Cc1ccc(O)cc1)NC(=O)[C@H](Cc1cnc[nH]1)NC(=O)CN)C(=O)O. The molecule has 2 aromatic heterocycles. The number of nitrogens with one attached hydrogen (secondary N) is 7. The molecule has 60 heavy (non-hydrogen) atoms. The topological polar surface area (TPSA) is 307 Å². The van der Waals surface area contributed by atoms with Gasteiger partial charge >= 0.3 is 5.97 Å². The summed E-state index contributed by atoms with van der Waals surface area (Å²) in [6, 6.07) is -0.938. The van der Waals surface area contributed by atoms with Gasteiger partial charge in [0.05, 0.1) is 19.2 Å². The molecule has 1 fully saturated rings. The van der Waals surface area contributed by atoms with Gasteiger partial charge < -0.3 is 57.4 Å². The molecule has 3 aromatic rings. The fourth-order valence-corrected chi connectivity index (χ4v) is 6.96. The fraction of sp³-hybridized carbons (Fsp3) is 0.525. The van der Waals surface area contributed by atoms with Crippen molar-refractivity contribution in [3.05, 3.63) is 66.3 Å². The summed E-state index contributed by atoms with van der Waals surface area (Å²) < 4.78 is 0. The second kappa shape index (κ2) is 22.2. The Hall–Kier alpha value is -6.31. The van der Waals surface area contributed by atoms with Crippen molar-refractivity contribution >= 4 is 41.4 Å². The Balaban J connectivity index is 1.55. The third-order valence-corrected chi connectivity index (χ3v) is 9.92. The number of carboxylic acids is 1. The average Bonchev–Trinajstić information content (AvgIpc) is 4.01. The monoisotopic (exact) mass is 835 g/mol. The van der Waals surface area contributed by atoms with Crippen LogP contribution in [0.25, 0.3) is 0 Å². The van der Waals surface area contributed by atoms with Gasteiger partial charge in [0.1, 0.15) is 42.0 Å². The van der Waals surface area contributed by atoms with Crippen LogP contribution >= 0.6 is 0 Å². The number of carbonyl (C=O) groups is 7. The van der Waals surface area contributed by atoms with Crippen LogP contribution < -0.4 is 32.3 Å². The highest BCUT2D eigenvalue weighted by Crippen LogP contribution is 2.22. The van der Waals surface area contributed by atoms with Gasteiger partial charge in [0.25, 0.3) is 0 Å². The standard InChI is InChI=1S/C40H57N11O9/c1-22(2)12-28(35(54)47-30(16-26-19-43-21-45-26)37(56)50-32(40(59)60)13-23(3)4)48-38(57)33-6-5-11-51(33)39(58)31(14-24-7-9-27(52)10-8-24)49-36(55)29(46-34(53)17-41)15-25-18-42-20-44-25/h7-10,18-23,28-33,52H,5-6,11-17,41H2,1-4H3,(H,42,44)(H,43,45)(H,46,53)(H,47,54)(H,48,57)(H,49,55)(H,50,56)(H,59,60)/t28-,29-,30-,31-,32-,33-/m0/s1. The molecule has 0 saturated carbocycles. The third kappa shape index (κ3) is 13.9. The molecular formula is C40H57N11O9. The number of H-pyrrole nitrogens is 2. The highest BCUT2D eigenvalue weighted by Gasteiger charge is 2.40. The van der Waals surface area contributed by atoms with Crippen LogP contribution in [-0.4, -0.2) is 126 Å². The van der Waals surface area contributed by atoms with Gasteiger partial charge in [-0.05, 0) is 55.2 Å². The second-order valence-corrected chi connectivity index (χ2v) is 15.8. The van der Waals surface area contributed by atoms with Crippen LogP contribution in [0.3, 0.4) is 0 Å². The van der Waals surface area contributed by atoms with Crippen LogP contribution in [0.15, 0.2) is 49.3 Å². The Morgan fingerprint density at radius 2 is 1.25 bits per heavy atom. The summed E-state index contributed by atoms with van der Waals surface area (Å²) >= 11 is 0. The van der Waals surface area contributed by atoms with E-state index in [9.17, 15) is 43.8 Å². The van der Waals surface area contributed by atoms with E-state index in [1.807, 2.05) is 27.7 Å². The molecule has 20 nitrogen and oxygen atoms in total. The molecule has 6 amide bonds. The van der Waals surface area contributed by atoms with Gasteiger partial charge in [-0.1, -0.05) is 39.8 Å². The highest BCUT2D eigenvalue weighted by molar-refractivity contribution is 5.97. The molecule has 1 aromatic carbocycles. The van der Waals surface area contributed by atoms with E-state index in [0.717, 1.165) is 0 Å². The van der Waals surface area contributed by atoms with Crippen molar-refractivity contribution in [2.45, 2.75) is 109 Å². The van der Waals surface area contributed by atoms with Crippen LogP contribution in [0.5, 0.6) is 5.75 Å². The normalized spacial score (nSPS) is 16.3. The summed E-state index contributed by atoms with van der Waals surface area (Å²) in [6.07, 6.45) is 6.72. The van der Waals surface area contributed by atoms with Crippen molar-refractivity contribution in [3.63, 3.8) is 0 Å². The minimum absolute atomic E-state index is 0.00473. The minimum Gasteiger partial charge on any atom is -0.508 e. The van der Waals surface area contributed by atoms with E-state index in [2.05, 4.69) is 46.5 Å². The van der Waals surface area contributed by atoms with Crippen LogP contribution in [0.1, 0.15) is 70.3 Å². The molecule has 11 N–H and O–H groups in total. The molecule has 0 aliphatic carbocycles. The zero-order valence-corrected chi connectivity index (χ0v) is 34.3. The summed E-state index contributed by atoms with van der Waals surface area (Å²) in [4.78, 5) is 109. The van der Waals surface area contributed by atoms with Crippen molar-refractivity contribution in [2.75, 3.05) is 13.1 Å². The van der Waals surface area contributed by atoms with Crippen molar-refractivity contribution in [1.29, 1.82) is 0 Å². The van der Waals surface area contributed by atoms with Gasteiger partial charge in [-0.15, -0.1) is 0 Å². The van der Waals surface area contributed by atoms with E-state index in [0.29, 0.717) is 23.4 Å². The molecule has 1 aliphatic rings. The Morgan fingerprint density at radius 3 is 1.77 bits per heavy atom. The van der Waals surface area contributed by atoms with Crippen LogP contribution in [0, 0.1) is 11.8 Å². The summed E-state index contributed by atoms with van der Waals surface area (Å²) in [5.74, 6) is -5.31. The van der Waals surface area contributed by atoms with Gasteiger partial charge in [0.15, 0.2) is 0 Å². The van der Waals surface area contributed by atoms with Gasteiger partial charge in [-0.25, -0.2) is 14.8 Å². The van der Waals surface area contributed by atoms with E-state index in [4.69, 9.17) is 5.73 Å². The summed E-state index contributed by atoms with van der Waals surface area (Å²) in [7, 11) is 0. The maximum atomic E-state index is 14.4. The second-order valence-electron chi connectivity index (χ2n) is 15.8. The number of amides is 6. The third-order valence-electron chi connectivity index (χ3n) is 9.92. The first-order valence-corrected chi connectivity index (χ1v) is 20.0. The number of aromatic nitrogens is 4. The lowest BCUT2D eigenvalue weighted by atomic mass is 10.0. The number of carboxylic acid groups (broad SMARTS) is 1. The first kappa shape index (κ1) is 46.4. The molecular weight excluding hydrogens is 779 g/mol. The first-order chi connectivity index (χ1) is 28.5. The number of hydrogen-bond acceptors (Lipinski definition) is 11. The van der Waals surface area contributed by atoms with Gasteiger partial charge in [0.2, 0.25) is 35.4 Å². The smallest absolute Gasteiger partial charge is 0.326 e. The molecule has 6 atom stereocenters. The van der Waals surface area contributed by atoms with Crippen LogP contribution in [0.4, 0.5) is 0 Å². The van der Waals surface area contributed by atoms with Crippen molar-refractivity contribution < 1.29 is 43.8 Å². The number of phenols is 1. The predicted octanol–water partition coefficient (Wildman–Crippen LogP) is -0.583. The number of nitrogens with zero attached hydrogens (tertiary/aromatic N) is 3. The van der Waals surface area contributed by atoms with E-state index >= 15 is 0 Å². The molecule has 20 heteroatoms. The number of carbonyl (C=O) groups excluding carboxylic acids is 6. The zero-order chi connectivity index (χ0) is 43.9. The zero-order valence-electron chi connectivity index (χ0n) is 34.3. The van der Waals surface area contributed by atoms with Crippen LogP contribution in [0.2, 0.25) is 0 Å².